The van der Waals surface area contributed by atoms with E-state index < -0.39 is 0 Å². The lowest BCUT2D eigenvalue weighted by Gasteiger charge is -2.00. The lowest BCUT2D eigenvalue weighted by Crippen LogP contribution is -2.13. The van der Waals surface area contributed by atoms with Gasteiger partial charge in [-0.25, -0.2) is 4.40 Å². The molecule has 2 aromatic heterocycles. The summed E-state index contributed by atoms with van der Waals surface area (Å²) in [7, 11) is 0. The summed E-state index contributed by atoms with van der Waals surface area (Å²) in [6, 6.07) is 11.9. The number of benzene rings is 1. The van der Waals surface area contributed by atoms with Gasteiger partial charge in [0.25, 0.3) is 5.56 Å². The van der Waals surface area contributed by atoms with Gasteiger partial charge in [-0.2, -0.15) is 5.10 Å². The Morgan fingerprint density at radius 3 is 2.72 bits per heavy atom. The summed E-state index contributed by atoms with van der Waals surface area (Å²) in [5.41, 5.74) is 1.56. The molecule has 0 aliphatic heterocycles. The van der Waals surface area contributed by atoms with E-state index in [1.807, 2.05) is 12.1 Å². The van der Waals surface area contributed by atoms with Crippen molar-refractivity contribution in [2.45, 2.75) is 6.42 Å². The molecule has 0 spiro atoms. The summed E-state index contributed by atoms with van der Waals surface area (Å²) < 4.78 is 1.55. The van der Waals surface area contributed by atoms with Gasteiger partial charge < -0.3 is 5.11 Å². The van der Waals surface area contributed by atoms with Crippen molar-refractivity contribution in [1.29, 1.82) is 0 Å². The third-order valence-electron chi connectivity index (χ3n) is 2.81. The molecule has 0 unspecified atom stereocenters. The van der Waals surface area contributed by atoms with Gasteiger partial charge in [-0.1, -0.05) is 18.2 Å². The molecular formula is C13H11N3O2. The molecule has 1 aromatic carbocycles. The maximum atomic E-state index is 11.8. The minimum absolute atomic E-state index is 0.102. The van der Waals surface area contributed by atoms with E-state index >= 15 is 0 Å². The maximum Gasteiger partial charge on any atom is 0.257 e. The monoisotopic (exact) mass is 241 g/mol. The normalized spacial score (nSPS) is 10.9. The Kier molecular flexibility index (Phi) is 2.37. The first kappa shape index (κ1) is 10.6. The van der Waals surface area contributed by atoms with Crippen molar-refractivity contribution >= 4 is 5.65 Å². The van der Waals surface area contributed by atoms with Crippen LogP contribution in [0.15, 0.2) is 47.3 Å². The van der Waals surface area contributed by atoms with E-state index in [0.717, 1.165) is 5.56 Å². The predicted octanol–water partition coefficient (Wildman–Crippen LogP) is 1.32. The zero-order valence-corrected chi connectivity index (χ0v) is 9.50. The lowest BCUT2D eigenvalue weighted by molar-refractivity contribution is 0.475. The first-order chi connectivity index (χ1) is 8.74. The van der Waals surface area contributed by atoms with Gasteiger partial charge in [0.1, 0.15) is 17.2 Å². The molecule has 0 fully saturated rings. The van der Waals surface area contributed by atoms with Crippen LogP contribution in [0.1, 0.15) is 11.4 Å². The summed E-state index contributed by atoms with van der Waals surface area (Å²) >= 11 is 0. The number of fused-ring (bicyclic) bond motifs is 1. The highest BCUT2D eigenvalue weighted by Gasteiger charge is 2.07. The van der Waals surface area contributed by atoms with E-state index in [1.165, 1.54) is 6.07 Å². The molecule has 3 aromatic rings. The number of H-pyrrole nitrogens is 1. The first-order valence-electron chi connectivity index (χ1n) is 5.57. The van der Waals surface area contributed by atoms with Gasteiger partial charge in [0.05, 0.1) is 0 Å². The van der Waals surface area contributed by atoms with Gasteiger partial charge >= 0.3 is 0 Å². The Morgan fingerprint density at radius 1 is 1.17 bits per heavy atom. The molecule has 0 atom stereocenters. The molecule has 5 heteroatoms. The van der Waals surface area contributed by atoms with Crippen LogP contribution in [0.5, 0.6) is 5.75 Å². The molecule has 18 heavy (non-hydrogen) atoms. The molecule has 0 saturated heterocycles. The fourth-order valence-corrected chi connectivity index (χ4v) is 1.93. The molecule has 0 aliphatic carbocycles. The van der Waals surface area contributed by atoms with Crippen molar-refractivity contribution in [3.63, 3.8) is 0 Å². The highest BCUT2D eigenvalue weighted by Crippen LogP contribution is 2.12. The van der Waals surface area contributed by atoms with Crippen molar-refractivity contribution in [3.05, 3.63) is 64.2 Å². The van der Waals surface area contributed by atoms with Gasteiger partial charge in [0.2, 0.25) is 0 Å². The third kappa shape index (κ3) is 1.75. The number of aromatic amines is 1. The summed E-state index contributed by atoms with van der Waals surface area (Å²) in [4.78, 5) is 11.8. The molecule has 0 aliphatic rings. The van der Waals surface area contributed by atoms with Crippen LogP contribution in [0.25, 0.3) is 5.65 Å². The molecule has 0 radical (unpaired) electrons. The zero-order chi connectivity index (χ0) is 12.5. The van der Waals surface area contributed by atoms with Gasteiger partial charge in [-0.15, -0.1) is 0 Å². The van der Waals surface area contributed by atoms with Crippen molar-refractivity contribution < 1.29 is 5.11 Å². The molecule has 0 amide bonds. The van der Waals surface area contributed by atoms with Gasteiger partial charge in [0.15, 0.2) is 0 Å². The highest BCUT2D eigenvalue weighted by molar-refractivity contribution is 5.38. The van der Waals surface area contributed by atoms with E-state index in [4.69, 9.17) is 0 Å². The smallest absolute Gasteiger partial charge is 0.257 e. The van der Waals surface area contributed by atoms with E-state index in [-0.39, 0.29) is 11.3 Å². The minimum Gasteiger partial charge on any atom is -0.508 e. The molecule has 3 rings (SSSR count). The minimum atomic E-state index is -0.102. The standard InChI is InChI=1S/C13H11N3O2/c17-10-6-4-9(5-7-10)8-12-15-14-11-2-1-3-13(18)16(11)12/h1-7,14,17H,8H2. The average Bonchev–Trinajstić information content (AvgIpc) is 2.77. The fourth-order valence-electron chi connectivity index (χ4n) is 1.93. The number of aromatic hydroxyl groups is 1. The van der Waals surface area contributed by atoms with E-state index in [1.54, 1.807) is 28.7 Å². The number of hydrogen-bond donors (Lipinski definition) is 2. The average molecular weight is 241 g/mol. The molecule has 2 heterocycles. The van der Waals surface area contributed by atoms with E-state index in [0.29, 0.717) is 17.9 Å². The van der Waals surface area contributed by atoms with E-state index in [2.05, 4.69) is 10.2 Å². The molecule has 90 valence electrons. The number of hydrogen-bond acceptors (Lipinski definition) is 3. The molecular weight excluding hydrogens is 230 g/mol. The quantitative estimate of drug-likeness (QED) is 0.710. The summed E-state index contributed by atoms with van der Waals surface area (Å²) in [5.74, 6) is 0.879. The third-order valence-corrected chi connectivity index (χ3v) is 2.81. The SMILES string of the molecule is O=c1cccc2[nH]nc(Cc3ccc(O)cc3)n12. The first-order valence-corrected chi connectivity index (χ1v) is 5.57. The fraction of sp³-hybridized carbons (Fsp3) is 0.0769. The topological polar surface area (TPSA) is 70.4 Å². The van der Waals surface area contributed by atoms with Crippen LogP contribution in [0.3, 0.4) is 0 Å². The second-order valence-electron chi connectivity index (χ2n) is 4.07. The van der Waals surface area contributed by atoms with Crippen LogP contribution in [-0.2, 0) is 6.42 Å². The van der Waals surface area contributed by atoms with Gasteiger partial charge in [-0.3, -0.25) is 9.89 Å². The number of phenols is 1. The van der Waals surface area contributed by atoms with E-state index in [9.17, 15) is 9.90 Å². The summed E-state index contributed by atoms with van der Waals surface area (Å²) in [5, 5.41) is 16.2. The number of nitrogens with zero attached hydrogens (tertiary/aromatic N) is 2. The molecule has 2 N–H and O–H groups in total. The number of phenolic OH excluding ortho intramolecular Hbond substituents is 1. The predicted molar refractivity (Wildman–Crippen MR) is 66.7 cm³/mol. The highest BCUT2D eigenvalue weighted by atomic mass is 16.3. The van der Waals surface area contributed by atoms with Crippen LogP contribution >= 0.6 is 0 Å². The Bertz CT molecular complexity index is 741. The zero-order valence-electron chi connectivity index (χ0n) is 9.50. The second kappa shape index (κ2) is 4.03. The van der Waals surface area contributed by atoms with Gasteiger partial charge in [-0.05, 0) is 23.8 Å². The van der Waals surface area contributed by atoms with Crippen LogP contribution < -0.4 is 5.56 Å². The molecule has 0 saturated carbocycles. The number of nitrogens with one attached hydrogen (secondary N) is 1. The number of aromatic nitrogens is 3. The van der Waals surface area contributed by atoms with Crippen molar-refractivity contribution in [2.24, 2.45) is 0 Å². The van der Waals surface area contributed by atoms with Crippen LogP contribution in [0, 0.1) is 0 Å². The second-order valence-corrected chi connectivity index (χ2v) is 4.07. The largest absolute Gasteiger partial charge is 0.508 e. The Hall–Kier alpha value is -2.56. The summed E-state index contributed by atoms with van der Waals surface area (Å²) in [6.07, 6.45) is 0.532. The number of rotatable bonds is 2. The van der Waals surface area contributed by atoms with Crippen molar-refractivity contribution in [1.82, 2.24) is 14.6 Å². The summed E-state index contributed by atoms with van der Waals surface area (Å²) in [6.45, 7) is 0. The van der Waals surface area contributed by atoms with Crippen molar-refractivity contribution in [2.75, 3.05) is 0 Å². The Morgan fingerprint density at radius 2 is 1.94 bits per heavy atom. The number of pyridine rings is 1. The van der Waals surface area contributed by atoms with Crippen LogP contribution in [0.2, 0.25) is 0 Å². The Labute approximate surface area is 102 Å². The van der Waals surface area contributed by atoms with Gasteiger partial charge in [0, 0.05) is 12.5 Å². The molecule has 5 nitrogen and oxygen atoms in total. The Balaban J connectivity index is 2.05. The molecule has 0 bridgehead atoms. The van der Waals surface area contributed by atoms with Crippen LogP contribution in [0.4, 0.5) is 0 Å². The lowest BCUT2D eigenvalue weighted by atomic mass is 10.1. The van der Waals surface area contributed by atoms with Crippen LogP contribution in [-0.4, -0.2) is 19.7 Å². The van der Waals surface area contributed by atoms with Crippen molar-refractivity contribution in [3.8, 4) is 5.75 Å². The maximum absolute atomic E-state index is 11.8.